The van der Waals surface area contributed by atoms with E-state index in [2.05, 4.69) is 10.2 Å². The van der Waals surface area contributed by atoms with Crippen LogP contribution in [0.1, 0.15) is 18.9 Å². The van der Waals surface area contributed by atoms with Gasteiger partial charge in [-0.05, 0) is 13.1 Å². The lowest BCUT2D eigenvalue weighted by Crippen LogP contribution is -2.47. The van der Waals surface area contributed by atoms with Gasteiger partial charge in [-0.1, -0.05) is 25.2 Å². The smallest absolute Gasteiger partial charge is 0.324 e. The standard InChI is InChI=1S/C11H16F3N5OS/c1-4-18(5-2)7-6-17(3)10(20)19(7)9-16-15-8(21-9)11(12,13)14/h7H,4-6H2,1-3H3. The highest BCUT2D eigenvalue weighted by molar-refractivity contribution is 7.15. The number of hydrogen-bond donors (Lipinski definition) is 0. The Kier molecular flexibility index (Phi) is 4.38. The zero-order valence-electron chi connectivity index (χ0n) is 11.9. The van der Waals surface area contributed by atoms with Crippen molar-refractivity contribution in [3.05, 3.63) is 5.01 Å². The predicted octanol–water partition coefficient (Wildman–Crippen LogP) is 2.10. The zero-order valence-corrected chi connectivity index (χ0v) is 12.7. The summed E-state index contributed by atoms with van der Waals surface area (Å²) in [5.41, 5.74) is 0. The monoisotopic (exact) mass is 323 g/mol. The number of likely N-dealkylation sites (N-methyl/N-ethyl adjacent to an activating group) is 2. The van der Waals surface area contributed by atoms with Crippen LogP contribution in [-0.4, -0.2) is 58.9 Å². The summed E-state index contributed by atoms with van der Waals surface area (Å²) in [6.07, 6.45) is -4.87. The molecule has 0 bridgehead atoms. The second-order valence-electron chi connectivity index (χ2n) is 4.62. The number of rotatable bonds is 4. The van der Waals surface area contributed by atoms with Crippen molar-refractivity contribution >= 4 is 22.5 Å². The van der Waals surface area contributed by atoms with E-state index < -0.39 is 11.2 Å². The fourth-order valence-electron chi connectivity index (χ4n) is 2.28. The first-order valence-corrected chi connectivity index (χ1v) is 7.30. The number of hydrogen-bond acceptors (Lipinski definition) is 5. The van der Waals surface area contributed by atoms with Gasteiger partial charge in [-0.3, -0.25) is 4.90 Å². The van der Waals surface area contributed by atoms with Crippen LogP contribution in [0.2, 0.25) is 0 Å². The fourth-order valence-corrected chi connectivity index (χ4v) is 3.03. The first-order valence-electron chi connectivity index (χ1n) is 6.48. The van der Waals surface area contributed by atoms with Crippen LogP contribution in [0.5, 0.6) is 0 Å². The van der Waals surface area contributed by atoms with E-state index in [1.54, 1.807) is 7.05 Å². The van der Waals surface area contributed by atoms with Gasteiger partial charge in [0.05, 0.1) is 6.54 Å². The Balaban J connectivity index is 2.34. The number of carbonyl (C=O) groups is 1. The van der Waals surface area contributed by atoms with Gasteiger partial charge in [0.1, 0.15) is 6.17 Å². The zero-order chi connectivity index (χ0) is 15.8. The highest BCUT2D eigenvalue weighted by atomic mass is 32.1. The predicted molar refractivity (Wildman–Crippen MR) is 72.1 cm³/mol. The number of aromatic nitrogens is 2. The maximum Gasteiger partial charge on any atom is 0.445 e. The minimum absolute atomic E-state index is 0.0198. The Hall–Kier alpha value is -1.42. The van der Waals surface area contributed by atoms with Crippen LogP contribution < -0.4 is 4.90 Å². The molecule has 6 nitrogen and oxygen atoms in total. The van der Waals surface area contributed by atoms with E-state index >= 15 is 0 Å². The second-order valence-corrected chi connectivity index (χ2v) is 5.58. The van der Waals surface area contributed by atoms with Crippen LogP contribution in [0, 0.1) is 0 Å². The largest absolute Gasteiger partial charge is 0.445 e. The van der Waals surface area contributed by atoms with E-state index in [0.717, 1.165) is 0 Å². The van der Waals surface area contributed by atoms with Gasteiger partial charge >= 0.3 is 12.2 Å². The van der Waals surface area contributed by atoms with Gasteiger partial charge in [-0.15, -0.1) is 10.2 Å². The Labute approximate surface area is 124 Å². The minimum atomic E-state index is -4.55. The summed E-state index contributed by atoms with van der Waals surface area (Å²) < 4.78 is 37.9. The summed E-state index contributed by atoms with van der Waals surface area (Å²) in [6.45, 7) is 5.66. The lowest BCUT2D eigenvalue weighted by atomic mass is 10.4. The van der Waals surface area contributed by atoms with Gasteiger partial charge in [0.2, 0.25) is 10.1 Å². The Bertz CT molecular complexity index is 516. The van der Waals surface area contributed by atoms with Crippen LogP contribution in [0.4, 0.5) is 23.1 Å². The first kappa shape index (κ1) is 16.0. The average Bonchev–Trinajstić information content (AvgIpc) is 2.98. The molecule has 0 N–H and O–H groups in total. The number of nitrogens with zero attached hydrogens (tertiary/aromatic N) is 5. The van der Waals surface area contributed by atoms with E-state index in [1.807, 2.05) is 18.7 Å². The molecule has 10 heteroatoms. The lowest BCUT2D eigenvalue weighted by molar-refractivity contribution is -0.138. The molecule has 0 spiro atoms. The highest BCUT2D eigenvalue weighted by Gasteiger charge is 2.43. The van der Waals surface area contributed by atoms with Crippen molar-refractivity contribution in [1.29, 1.82) is 0 Å². The summed E-state index contributed by atoms with van der Waals surface area (Å²) in [7, 11) is 1.62. The molecule has 0 aromatic carbocycles. The van der Waals surface area contributed by atoms with Crippen molar-refractivity contribution in [3.8, 4) is 0 Å². The molecule has 1 aromatic rings. The summed E-state index contributed by atoms with van der Waals surface area (Å²) in [6, 6.07) is -0.364. The molecular weight excluding hydrogens is 307 g/mol. The highest BCUT2D eigenvalue weighted by Crippen LogP contribution is 2.36. The topological polar surface area (TPSA) is 52.6 Å². The van der Waals surface area contributed by atoms with E-state index in [4.69, 9.17) is 0 Å². The molecule has 2 amide bonds. The average molecular weight is 323 g/mol. The summed E-state index contributed by atoms with van der Waals surface area (Å²) >= 11 is 0.390. The number of carbonyl (C=O) groups excluding carboxylic acids is 1. The van der Waals surface area contributed by atoms with Crippen molar-refractivity contribution in [2.45, 2.75) is 26.2 Å². The first-order chi connectivity index (χ1) is 9.79. The van der Waals surface area contributed by atoms with Crippen molar-refractivity contribution in [2.24, 2.45) is 0 Å². The quantitative estimate of drug-likeness (QED) is 0.851. The summed E-state index contributed by atoms with van der Waals surface area (Å²) in [5, 5.41) is 5.64. The third-order valence-corrected chi connectivity index (χ3v) is 4.33. The molecule has 0 aliphatic carbocycles. The number of halogens is 3. The third-order valence-electron chi connectivity index (χ3n) is 3.36. The number of alkyl halides is 3. The van der Waals surface area contributed by atoms with Crippen molar-refractivity contribution in [1.82, 2.24) is 20.0 Å². The van der Waals surface area contributed by atoms with Gasteiger partial charge in [0.25, 0.3) is 0 Å². The van der Waals surface area contributed by atoms with Gasteiger partial charge in [0.15, 0.2) is 0 Å². The Morgan fingerprint density at radius 3 is 2.43 bits per heavy atom. The Morgan fingerprint density at radius 2 is 1.95 bits per heavy atom. The van der Waals surface area contributed by atoms with E-state index in [1.165, 1.54) is 9.80 Å². The molecule has 1 unspecified atom stereocenters. The van der Waals surface area contributed by atoms with Crippen molar-refractivity contribution < 1.29 is 18.0 Å². The molecule has 2 rings (SSSR count). The molecule has 1 aliphatic rings. The van der Waals surface area contributed by atoms with E-state index in [0.29, 0.717) is 31.0 Å². The summed E-state index contributed by atoms with van der Waals surface area (Å²) in [5.74, 6) is 0. The molecule has 1 saturated heterocycles. The van der Waals surface area contributed by atoms with Gasteiger partial charge in [-0.25, -0.2) is 9.69 Å². The molecule has 1 aliphatic heterocycles. The van der Waals surface area contributed by atoms with E-state index in [-0.39, 0.29) is 17.3 Å². The lowest BCUT2D eigenvalue weighted by Gasteiger charge is -2.30. The number of anilines is 1. The number of amides is 2. The molecule has 1 fully saturated rings. The molecule has 0 saturated carbocycles. The number of urea groups is 1. The molecular formula is C11H16F3N5OS. The van der Waals surface area contributed by atoms with Crippen LogP contribution >= 0.6 is 11.3 Å². The van der Waals surface area contributed by atoms with Crippen molar-refractivity contribution in [2.75, 3.05) is 31.6 Å². The fraction of sp³-hybridized carbons (Fsp3) is 0.727. The molecule has 0 radical (unpaired) electrons. The molecule has 118 valence electrons. The van der Waals surface area contributed by atoms with Crippen molar-refractivity contribution in [3.63, 3.8) is 0 Å². The van der Waals surface area contributed by atoms with Crippen LogP contribution in [0.3, 0.4) is 0 Å². The maximum absolute atomic E-state index is 12.6. The van der Waals surface area contributed by atoms with E-state index in [9.17, 15) is 18.0 Å². The molecule has 2 heterocycles. The molecule has 1 atom stereocenters. The minimum Gasteiger partial charge on any atom is -0.324 e. The third kappa shape index (κ3) is 2.95. The van der Waals surface area contributed by atoms with Gasteiger partial charge in [0, 0.05) is 7.05 Å². The van der Waals surface area contributed by atoms with Crippen LogP contribution in [0.15, 0.2) is 0 Å². The SMILES string of the molecule is CCN(CC)C1CN(C)C(=O)N1c1nnc(C(F)(F)F)s1. The molecule has 21 heavy (non-hydrogen) atoms. The maximum atomic E-state index is 12.6. The summed E-state index contributed by atoms with van der Waals surface area (Å²) in [4.78, 5) is 17.0. The molecule has 1 aromatic heterocycles. The Morgan fingerprint density at radius 1 is 1.33 bits per heavy atom. The van der Waals surface area contributed by atoms with Crippen LogP contribution in [0.25, 0.3) is 0 Å². The van der Waals surface area contributed by atoms with Gasteiger partial charge < -0.3 is 4.90 Å². The van der Waals surface area contributed by atoms with Crippen LogP contribution in [-0.2, 0) is 6.18 Å². The second kappa shape index (κ2) is 5.76. The van der Waals surface area contributed by atoms with Gasteiger partial charge in [-0.2, -0.15) is 13.2 Å². The normalized spacial score (nSPS) is 20.0.